The summed E-state index contributed by atoms with van der Waals surface area (Å²) in [6.45, 7) is 6.22. The highest BCUT2D eigenvalue weighted by atomic mass is 127. The van der Waals surface area contributed by atoms with Gasteiger partial charge < -0.3 is 9.73 Å². The molecule has 1 N–H and O–H groups in total. The second-order valence-electron chi connectivity index (χ2n) is 4.92. The van der Waals surface area contributed by atoms with E-state index in [0.717, 1.165) is 17.9 Å². The topological polar surface area (TPSA) is 25.2 Å². The van der Waals surface area contributed by atoms with Crippen molar-refractivity contribution >= 4 is 22.6 Å². The molecule has 0 aliphatic heterocycles. The fraction of sp³-hybridized carbons (Fsp3) is 0.375. The molecule has 0 aliphatic carbocycles. The quantitative estimate of drug-likeness (QED) is 0.813. The zero-order chi connectivity index (χ0) is 14.0. The minimum atomic E-state index is 0.303. The molecule has 1 aromatic heterocycles. The first-order valence-electron chi connectivity index (χ1n) is 6.51. The van der Waals surface area contributed by atoms with Gasteiger partial charge in [0.25, 0.3) is 0 Å². The summed E-state index contributed by atoms with van der Waals surface area (Å²) in [5.41, 5.74) is 3.92. The predicted octanol–water partition coefficient (Wildman–Crippen LogP) is 4.31. The molecule has 102 valence electrons. The molecule has 0 saturated heterocycles. The van der Waals surface area contributed by atoms with E-state index in [1.54, 1.807) is 0 Å². The highest BCUT2D eigenvalue weighted by molar-refractivity contribution is 14.1. The molecule has 3 heteroatoms. The summed E-state index contributed by atoms with van der Waals surface area (Å²) >= 11 is 2.33. The number of nitrogens with one attached hydrogen (secondary N) is 1. The van der Waals surface area contributed by atoms with Gasteiger partial charge in [0.15, 0.2) is 0 Å². The summed E-state index contributed by atoms with van der Waals surface area (Å²) < 4.78 is 7.02. The molecule has 1 atom stereocenters. The van der Waals surface area contributed by atoms with Crippen molar-refractivity contribution < 1.29 is 4.42 Å². The first-order chi connectivity index (χ1) is 9.02. The monoisotopic (exact) mass is 369 g/mol. The van der Waals surface area contributed by atoms with Gasteiger partial charge in [-0.1, -0.05) is 12.1 Å². The van der Waals surface area contributed by atoms with E-state index < -0.39 is 0 Å². The van der Waals surface area contributed by atoms with Crippen molar-refractivity contribution in [2.75, 3.05) is 7.05 Å². The fourth-order valence-corrected chi connectivity index (χ4v) is 2.89. The Hall–Kier alpha value is -0.810. The smallest absolute Gasteiger partial charge is 0.106 e. The van der Waals surface area contributed by atoms with E-state index in [4.69, 9.17) is 4.42 Å². The average Bonchev–Trinajstić information content (AvgIpc) is 2.63. The molecule has 2 nitrogen and oxygen atoms in total. The number of hydrogen-bond donors (Lipinski definition) is 1. The number of halogens is 1. The van der Waals surface area contributed by atoms with Crippen LogP contribution in [0.3, 0.4) is 0 Å². The summed E-state index contributed by atoms with van der Waals surface area (Å²) in [5, 5.41) is 3.41. The number of hydrogen-bond acceptors (Lipinski definition) is 2. The molecule has 1 unspecified atom stereocenters. The molecule has 0 bridgehead atoms. The lowest BCUT2D eigenvalue weighted by molar-refractivity contribution is 0.489. The van der Waals surface area contributed by atoms with Gasteiger partial charge in [0.2, 0.25) is 0 Å². The minimum absolute atomic E-state index is 0.303. The first-order valence-corrected chi connectivity index (χ1v) is 7.59. The van der Waals surface area contributed by atoms with Gasteiger partial charge in [-0.05, 0) is 80.1 Å². The van der Waals surface area contributed by atoms with Gasteiger partial charge >= 0.3 is 0 Å². The van der Waals surface area contributed by atoms with Gasteiger partial charge in [-0.25, -0.2) is 0 Å². The van der Waals surface area contributed by atoms with Crippen molar-refractivity contribution in [1.29, 1.82) is 0 Å². The second kappa shape index (κ2) is 6.09. The van der Waals surface area contributed by atoms with Crippen LogP contribution < -0.4 is 5.32 Å². The summed E-state index contributed by atoms with van der Waals surface area (Å²) in [4.78, 5) is 0. The Morgan fingerprint density at radius 1 is 1.11 bits per heavy atom. The van der Waals surface area contributed by atoms with Crippen LogP contribution in [-0.4, -0.2) is 7.05 Å². The van der Waals surface area contributed by atoms with Crippen molar-refractivity contribution in [3.63, 3.8) is 0 Å². The molecule has 0 radical (unpaired) electrons. The summed E-state index contributed by atoms with van der Waals surface area (Å²) in [6.07, 6.45) is 0.980. The van der Waals surface area contributed by atoms with Crippen molar-refractivity contribution in [2.24, 2.45) is 0 Å². The van der Waals surface area contributed by atoms with Crippen LogP contribution in [0, 0.1) is 24.3 Å². The number of benzene rings is 1. The summed E-state index contributed by atoms with van der Waals surface area (Å²) in [6, 6.07) is 9.01. The number of likely N-dealkylation sites (N-methyl/N-ethyl adjacent to an activating group) is 1. The van der Waals surface area contributed by atoms with Crippen LogP contribution in [-0.2, 0) is 6.42 Å². The molecule has 2 aromatic rings. The predicted molar refractivity (Wildman–Crippen MR) is 87.6 cm³/mol. The maximum atomic E-state index is 5.74. The van der Waals surface area contributed by atoms with Gasteiger partial charge in [-0.15, -0.1) is 0 Å². The van der Waals surface area contributed by atoms with E-state index in [1.165, 1.54) is 20.3 Å². The Morgan fingerprint density at radius 3 is 2.21 bits per heavy atom. The molecule has 1 aromatic carbocycles. The number of furan rings is 1. The Labute approximate surface area is 128 Å². The van der Waals surface area contributed by atoms with Crippen molar-refractivity contribution in [2.45, 2.75) is 33.2 Å². The molecule has 1 heterocycles. The van der Waals surface area contributed by atoms with Crippen LogP contribution in [0.1, 0.15) is 34.3 Å². The van der Waals surface area contributed by atoms with Gasteiger partial charge in [-0.2, -0.15) is 0 Å². The van der Waals surface area contributed by atoms with Crippen LogP contribution in [0.5, 0.6) is 0 Å². The van der Waals surface area contributed by atoms with Crippen LogP contribution in [0.4, 0.5) is 0 Å². The van der Waals surface area contributed by atoms with Crippen molar-refractivity contribution in [3.05, 3.63) is 56.0 Å². The Balaban J connectivity index is 2.27. The van der Waals surface area contributed by atoms with Crippen LogP contribution in [0.25, 0.3) is 0 Å². The minimum Gasteiger partial charge on any atom is -0.466 e. The average molecular weight is 369 g/mol. The molecular weight excluding hydrogens is 349 g/mol. The Morgan fingerprint density at radius 2 is 1.74 bits per heavy atom. The first kappa shape index (κ1) is 14.6. The maximum absolute atomic E-state index is 5.74. The molecule has 19 heavy (non-hydrogen) atoms. The van der Waals surface area contributed by atoms with Gasteiger partial charge in [0.05, 0.1) is 0 Å². The zero-order valence-electron chi connectivity index (χ0n) is 11.9. The zero-order valence-corrected chi connectivity index (χ0v) is 14.0. The molecule has 0 amide bonds. The van der Waals surface area contributed by atoms with E-state index in [0.29, 0.717) is 6.04 Å². The third kappa shape index (κ3) is 3.20. The molecule has 2 rings (SSSR count). The fourth-order valence-electron chi connectivity index (χ4n) is 2.53. The lowest BCUT2D eigenvalue weighted by atomic mass is 9.96. The van der Waals surface area contributed by atoms with Crippen LogP contribution in [0.15, 0.2) is 28.7 Å². The van der Waals surface area contributed by atoms with Crippen molar-refractivity contribution in [3.8, 4) is 0 Å². The van der Waals surface area contributed by atoms with Gasteiger partial charge in [-0.3, -0.25) is 0 Å². The summed E-state index contributed by atoms with van der Waals surface area (Å²) in [7, 11) is 2.01. The number of rotatable bonds is 4. The van der Waals surface area contributed by atoms with E-state index in [-0.39, 0.29) is 0 Å². The highest BCUT2D eigenvalue weighted by Gasteiger charge is 2.19. The summed E-state index contributed by atoms with van der Waals surface area (Å²) in [5.74, 6) is 2.05. The normalized spacial score (nSPS) is 12.7. The largest absolute Gasteiger partial charge is 0.466 e. The Kier molecular flexibility index (Phi) is 4.68. The van der Waals surface area contributed by atoms with Crippen molar-refractivity contribution in [1.82, 2.24) is 5.32 Å². The third-order valence-electron chi connectivity index (χ3n) is 3.67. The van der Waals surface area contributed by atoms with Crippen LogP contribution >= 0.6 is 22.6 Å². The third-order valence-corrected chi connectivity index (χ3v) is 4.39. The standard InChI is InChI=1S/C16H20INO/c1-10-11(2)19-12(3)16(10)15(18-4)9-13-5-7-14(17)8-6-13/h5-8,15,18H,9H2,1-4H3. The van der Waals surface area contributed by atoms with Gasteiger partial charge in [0.1, 0.15) is 11.5 Å². The van der Waals surface area contributed by atoms with E-state index in [1.807, 2.05) is 20.9 Å². The molecule has 0 fully saturated rings. The number of aryl methyl sites for hydroxylation is 2. The molecule has 0 spiro atoms. The van der Waals surface area contributed by atoms with E-state index in [2.05, 4.69) is 59.1 Å². The molecule has 0 saturated carbocycles. The van der Waals surface area contributed by atoms with Crippen LogP contribution in [0.2, 0.25) is 0 Å². The molecular formula is C16H20INO. The van der Waals surface area contributed by atoms with Gasteiger partial charge in [0, 0.05) is 15.2 Å². The van der Waals surface area contributed by atoms with E-state index >= 15 is 0 Å². The van der Waals surface area contributed by atoms with E-state index in [9.17, 15) is 0 Å². The Bertz CT molecular complexity index is 557. The lowest BCUT2D eigenvalue weighted by Crippen LogP contribution is -2.20. The lowest BCUT2D eigenvalue weighted by Gasteiger charge is -2.17. The maximum Gasteiger partial charge on any atom is 0.106 e. The SMILES string of the molecule is CNC(Cc1ccc(I)cc1)c1c(C)oc(C)c1C. The second-order valence-corrected chi connectivity index (χ2v) is 6.17. The molecule has 0 aliphatic rings. The highest BCUT2D eigenvalue weighted by Crippen LogP contribution is 2.29.